The molecule has 0 aliphatic heterocycles. The first-order chi connectivity index (χ1) is 16.0. The number of benzene rings is 2. The highest BCUT2D eigenvalue weighted by Gasteiger charge is 2.33. The molecule has 4 rings (SSSR count). The van der Waals surface area contributed by atoms with Crippen molar-refractivity contribution in [3.63, 3.8) is 0 Å². The average molecular weight is 469 g/mol. The lowest BCUT2D eigenvalue weighted by Crippen LogP contribution is -2.46. The minimum Gasteiger partial charge on any atom is -0.351 e. The molecule has 1 N–H and O–H groups in total. The van der Waals surface area contributed by atoms with Gasteiger partial charge in [-0.3, -0.25) is 9.59 Å². The predicted octanol–water partition coefficient (Wildman–Crippen LogP) is 5.40. The van der Waals surface area contributed by atoms with E-state index in [-0.39, 0.29) is 36.6 Å². The first kappa shape index (κ1) is 23.1. The van der Waals surface area contributed by atoms with Crippen molar-refractivity contribution < 1.29 is 18.4 Å². The van der Waals surface area contributed by atoms with E-state index in [9.17, 15) is 18.4 Å². The van der Waals surface area contributed by atoms with Gasteiger partial charge < -0.3 is 10.2 Å². The first-order valence-corrected chi connectivity index (χ1v) is 12.0. The van der Waals surface area contributed by atoms with Gasteiger partial charge in [-0.25, -0.2) is 8.78 Å². The maximum absolute atomic E-state index is 13.7. The molecule has 0 bridgehead atoms. The maximum atomic E-state index is 13.7. The number of amides is 2. The zero-order valence-electron chi connectivity index (χ0n) is 18.2. The van der Waals surface area contributed by atoms with Gasteiger partial charge in [-0.1, -0.05) is 43.2 Å². The molecular weight excluding hydrogens is 442 g/mol. The van der Waals surface area contributed by atoms with Crippen molar-refractivity contribution in [1.82, 2.24) is 10.2 Å². The van der Waals surface area contributed by atoms with E-state index in [1.54, 1.807) is 24.3 Å². The Labute approximate surface area is 196 Å². The first-order valence-electron chi connectivity index (χ1n) is 11.1. The number of carbonyl (C=O) groups excluding carboxylic acids is 2. The standard InChI is InChI=1S/C26H26F2N2O2S/c27-20-11-7-18(8-12-20)17-30(24(31)16-23-6-3-15-33-23)25(19-9-13-21(28)14-10-19)26(32)29-22-4-1-2-5-22/h3,6-15,22,25H,1-2,4-5,16-17H2,(H,29,32)/t25-/m0/s1. The highest BCUT2D eigenvalue weighted by molar-refractivity contribution is 7.10. The molecular formula is C26H26F2N2O2S. The second kappa shape index (κ2) is 10.7. The molecule has 2 aromatic carbocycles. The zero-order valence-corrected chi connectivity index (χ0v) is 19.0. The molecule has 1 fully saturated rings. The van der Waals surface area contributed by atoms with Crippen LogP contribution in [0.5, 0.6) is 0 Å². The highest BCUT2D eigenvalue weighted by atomic mass is 32.1. The molecule has 1 atom stereocenters. The summed E-state index contributed by atoms with van der Waals surface area (Å²) in [6.07, 6.45) is 4.07. The van der Waals surface area contributed by atoms with Crippen molar-refractivity contribution in [3.8, 4) is 0 Å². The Morgan fingerprint density at radius 1 is 0.970 bits per heavy atom. The fourth-order valence-corrected chi connectivity index (χ4v) is 4.94. The summed E-state index contributed by atoms with van der Waals surface area (Å²) in [5, 5.41) is 5.00. The van der Waals surface area contributed by atoms with Crippen LogP contribution in [0.2, 0.25) is 0 Å². The van der Waals surface area contributed by atoms with Crippen molar-refractivity contribution in [2.75, 3.05) is 0 Å². The molecule has 172 valence electrons. The van der Waals surface area contributed by atoms with Crippen molar-refractivity contribution in [3.05, 3.63) is 93.7 Å². The molecule has 1 saturated carbocycles. The number of halogens is 2. The van der Waals surface area contributed by atoms with Crippen molar-refractivity contribution in [2.45, 2.75) is 50.7 Å². The zero-order chi connectivity index (χ0) is 23.2. The van der Waals surface area contributed by atoms with Crippen LogP contribution in [0.1, 0.15) is 47.7 Å². The molecule has 1 heterocycles. The number of hydrogen-bond acceptors (Lipinski definition) is 3. The fourth-order valence-electron chi connectivity index (χ4n) is 4.24. The Kier molecular flexibility index (Phi) is 7.50. The van der Waals surface area contributed by atoms with Gasteiger partial charge in [-0.15, -0.1) is 11.3 Å². The average Bonchev–Trinajstić information content (AvgIpc) is 3.50. The molecule has 0 saturated heterocycles. The van der Waals surface area contributed by atoms with Crippen LogP contribution in [-0.2, 0) is 22.6 Å². The van der Waals surface area contributed by atoms with E-state index < -0.39 is 11.9 Å². The number of hydrogen-bond donors (Lipinski definition) is 1. The molecule has 0 spiro atoms. The van der Waals surface area contributed by atoms with Gasteiger partial charge in [0.1, 0.15) is 17.7 Å². The molecule has 3 aromatic rings. The molecule has 33 heavy (non-hydrogen) atoms. The predicted molar refractivity (Wildman–Crippen MR) is 125 cm³/mol. The molecule has 2 amide bonds. The van der Waals surface area contributed by atoms with Gasteiger partial charge in [0.05, 0.1) is 6.42 Å². The fraction of sp³-hybridized carbons (Fsp3) is 0.308. The van der Waals surface area contributed by atoms with E-state index in [1.807, 2.05) is 17.5 Å². The second-order valence-electron chi connectivity index (χ2n) is 8.35. The summed E-state index contributed by atoms with van der Waals surface area (Å²) in [4.78, 5) is 29.4. The third-order valence-electron chi connectivity index (χ3n) is 5.94. The second-order valence-corrected chi connectivity index (χ2v) is 9.38. The lowest BCUT2D eigenvalue weighted by molar-refractivity contribution is -0.141. The SMILES string of the molecule is O=C(NC1CCCC1)[C@H](c1ccc(F)cc1)N(Cc1ccc(F)cc1)C(=O)Cc1cccs1. The summed E-state index contributed by atoms with van der Waals surface area (Å²) in [5.74, 6) is -1.29. The number of rotatable bonds is 8. The molecule has 4 nitrogen and oxygen atoms in total. The van der Waals surface area contributed by atoms with Crippen molar-refractivity contribution in [2.24, 2.45) is 0 Å². The van der Waals surface area contributed by atoms with Gasteiger partial charge >= 0.3 is 0 Å². The van der Waals surface area contributed by atoms with E-state index in [2.05, 4.69) is 5.32 Å². The minimum atomic E-state index is -0.927. The van der Waals surface area contributed by atoms with E-state index in [0.717, 1.165) is 30.6 Å². The number of thiophene rings is 1. The molecule has 1 aromatic heterocycles. The Morgan fingerprint density at radius 2 is 1.61 bits per heavy atom. The van der Waals surface area contributed by atoms with Crippen LogP contribution in [0.3, 0.4) is 0 Å². The monoisotopic (exact) mass is 468 g/mol. The van der Waals surface area contributed by atoms with E-state index in [0.29, 0.717) is 11.1 Å². The van der Waals surface area contributed by atoms with Crippen molar-refractivity contribution in [1.29, 1.82) is 0 Å². The third kappa shape index (κ3) is 6.05. The minimum absolute atomic E-state index is 0.0699. The Bertz CT molecular complexity index is 1060. The van der Waals surface area contributed by atoms with Crippen molar-refractivity contribution >= 4 is 23.2 Å². The normalized spacial score (nSPS) is 14.7. The topological polar surface area (TPSA) is 49.4 Å². The quantitative estimate of drug-likeness (QED) is 0.481. The smallest absolute Gasteiger partial charge is 0.247 e. The summed E-state index contributed by atoms with van der Waals surface area (Å²) in [5.41, 5.74) is 1.24. The van der Waals surface area contributed by atoms with Crippen LogP contribution in [0.4, 0.5) is 8.78 Å². The third-order valence-corrected chi connectivity index (χ3v) is 6.82. The summed E-state index contributed by atoms with van der Waals surface area (Å²) in [6.45, 7) is 0.130. The Hall–Kier alpha value is -3.06. The molecule has 0 radical (unpaired) electrons. The van der Waals surface area contributed by atoms with Gasteiger partial charge in [-0.2, -0.15) is 0 Å². The maximum Gasteiger partial charge on any atom is 0.247 e. The van der Waals surface area contributed by atoms with E-state index >= 15 is 0 Å². The number of nitrogens with one attached hydrogen (secondary N) is 1. The van der Waals surface area contributed by atoms with Crippen LogP contribution in [0.15, 0.2) is 66.0 Å². The largest absolute Gasteiger partial charge is 0.351 e. The summed E-state index contributed by atoms with van der Waals surface area (Å²) in [7, 11) is 0. The van der Waals surface area contributed by atoms with Crippen LogP contribution >= 0.6 is 11.3 Å². The van der Waals surface area contributed by atoms with Gasteiger partial charge in [-0.05, 0) is 59.7 Å². The van der Waals surface area contributed by atoms with Gasteiger partial charge in [0.25, 0.3) is 0 Å². The highest BCUT2D eigenvalue weighted by Crippen LogP contribution is 2.27. The van der Waals surface area contributed by atoms with Crippen LogP contribution in [0.25, 0.3) is 0 Å². The summed E-state index contributed by atoms with van der Waals surface area (Å²) >= 11 is 1.47. The van der Waals surface area contributed by atoms with Gasteiger partial charge in [0, 0.05) is 17.5 Å². The van der Waals surface area contributed by atoms with Crippen LogP contribution in [-0.4, -0.2) is 22.8 Å². The Balaban J connectivity index is 1.69. The van der Waals surface area contributed by atoms with Crippen LogP contribution in [0, 0.1) is 11.6 Å². The number of nitrogens with zero attached hydrogens (tertiary/aromatic N) is 1. The lowest BCUT2D eigenvalue weighted by Gasteiger charge is -2.32. The summed E-state index contributed by atoms with van der Waals surface area (Å²) < 4.78 is 27.1. The van der Waals surface area contributed by atoms with E-state index in [1.165, 1.54) is 40.5 Å². The van der Waals surface area contributed by atoms with Crippen LogP contribution < -0.4 is 5.32 Å². The molecule has 1 aliphatic rings. The number of carbonyl (C=O) groups is 2. The van der Waals surface area contributed by atoms with Gasteiger partial charge in [0.15, 0.2) is 0 Å². The Morgan fingerprint density at radius 3 is 2.21 bits per heavy atom. The molecule has 0 unspecified atom stereocenters. The lowest BCUT2D eigenvalue weighted by atomic mass is 10.0. The van der Waals surface area contributed by atoms with Gasteiger partial charge in [0.2, 0.25) is 11.8 Å². The molecule has 1 aliphatic carbocycles. The van der Waals surface area contributed by atoms with E-state index in [4.69, 9.17) is 0 Å². The summed E-state index contributed by atoms with van der Waals surface area (Å²) in [6, 6.07) is 14.5. The molecule has 7 heteroatoms.